The summed E-state index contributed by atoms with van der Waals surface area (Å²) in [5.74, 6) is 1.13. The van der Waals surface area contributed by atoms with Crippen molar-refractivity contribution in [3.05, 3.63) is 29.8 Å². The first kappa shape index (κ1) is 9.19. The number of benzene rings is 1. The van der Waals surface area contributed by atoms with E-state index in [9.17, 15) is 4.39 Å². The van der Waals surface area contributed by atoms with Gasteiger partial charge in [0.2, 0.25) is 0 Å². The lowest BCUT2D eigenvalue weighted by atomic mass is 10.1. The van der Waals surface area contributed by atoms with Crippen molar-refractivity contribution < 1.29 is 4.39 Å². The molecule has 0 fully saturated rings. The van der Waals surface area contributed by atoms with E-state index in [1.54, 1.807) is 6.07 Å². The largest absolute Gasteiger partial charge is 0.342 e. The zero-order chi connectivity index (χ0) is 10.1. The average Bonchev–Trinajstić information content (AvgIpc) is 2.47. The van der Waals surface area contributed by atoms with E-state index >= 15 is 0 Å². The number of H-pyrrole nitrogens is 1. The fourth-order valence-corrected chi connectivity index (χ4v) is 1.53. The Morgan fingerprint density at radius 3 is 2.86 bits per heavy atom. The smallest absolute Gasteiger partial charge is 0.151 e. The zero-order valence-electron chi connectivity index (χ0n) is 8.34. The summed E-state index contributed by atoms with van der Waals surface area (Å²) >= 11 is 0. The third-order valence-electron chi connectivity index (χ3n) is 2.11. The molecule has 74 valence electrons. The van der Waals surface area contributed by atoms with Crippen molar-refractivity contribution >= 4 is 11.0 Å². The van der Waals surface area contributed by atoms with Crippen LogP contribution in [0, 0.1) is 11.7 Å². The lowest BCUT2D eigenvalue weighted by Crippen LogP contribution is -1.95. The summed E-state index contributed by atoms with van der Waals surface area (Å²) in [6.45, 7) is 4.23. The average molecular weight is 192 g/mol. The van der Waals surface area contributed by atoms with Crippen LogP contribution >= 0.6 is 0 Å². The van der Waals surface area contributed by atoms with E-state index in [2.05, 4.69) is 23.8 Å². The quantitative estimate of drug-likeness (QED) is 0.778. The molecule has 2 rings (SSSR count). The Morgan fingerprint density at radius 2 is 2.21 bits per heavy atom. The van der Waals surface area contributed by atoms with Crippen LogP contribution in [0.25, 0.3) is 11.0 Å². The number of hydrogen-bond acceptors (Lipinski definition) is 1. The summed E-state index contributed by atoms with van der Waals surface area (Å²) in [7, 11) is 0. The van der Waals surface area contributed by atoms with Gasteiger partial charge in [0.25, 0.3) is 0 Å². The predicted octanol–water partition coefficient (Wildman–Crippen LogP) is 2.90. The number of rotatable bonds is 2. The fourth-order valence-electron chi connectivity index (χ4n) is 1.53. The topological polar surface area (TPSA) is 28.7 Å². The van der Waals surface area contributed by atoms with Gasteiger partial charge in [0, 0.05) is 6.42 Å². The molecule has 0 bridgehead atoms. The Balaban J connectivity index is 2.46. The molecule has 1 heterocycles. The highest BCUT2D eigenvalue weighted by molar-refractivity contribution is 5.75. The van der Waals surface area contributed by atoms with Crippen molar-refractivity contribution in [3.8, 4) is 0 Å². The molecule has 0 aliphatic carbocycles. The van der Waals surface area contributed by atoms with Crippen molar-refractivity contribution in [1.82, 2.24) is 9.97 Å². The summed E-state index contributed by atoms with van der Waals surface area (Å²) in [5, 5.41) is 0. The van der Waals surface area contributed by atoms with Crippen LogP contribution in [0.3, 0.4) is 0 Å². The molecule has 3 heteroatoms. The second-order valence-electron chi connectivity index (χ2n) is 3.92. The maximum Gasteiger partial charge on any atom is 0.151 e. The first-order valence-corrected chi connectivity index (χ1v) is 4.80. The van der Waals surface area contributed by atoms with Gasteiger partial charge in [-0.1, -0.05) is 19.9 Å². The fraction of sp³-hybridized carbons (Fsp3) is 0.364. The van der Waals surface area contributed by atoms with Gasteiger partial charge in [0.15, 0.2) is 5.82 Å². The van der Waals surface area contributed by atoms with E-state index in [0.717, 1.165) is 17.8 Å². The second kappa shape index (κ2) is 3.40. The first-order chi connectivity index (χ1) is 6.66. The Labute approximate surface area is 82.2 Å². The Kier molecular flexibility index (Phi) is 2.23. The molecule has 0 amide bonds. The van der Waals surface area contributed by atoms with Crippen LogP contribution in [-0.2, 0) is 6.42 Å². The molecule has 0 atom stereocenters. The molecule has 0 unspecified atom stereocenters. The van der Waals surface area contributed by atoms with E-state index in [0.29, 0.717) is 11.4 Å². The van der Waals surface area contributed by atoms with Crippen molar-refractivity contribution in [1.29, 1.82) is 0 Å². The number of nitrogens with one attached hydrogen (secondary N) is 1. The maximum atomic E-state index is 13.3. The van der Waals surface area contributed by atoms with Crippen LogP contribution in [0.5, 0.6) is 0 Å². The lowest BCUT2D eigenvalue weighted by Gasteiger charge is -1.98. The summed E-state index contributed by atoms with van der Waals surface area (Å²) in [4.78, 5) is 7.34. The van der Waals surface area contributed by atoms with Crippen LogP contribution in [0.2, 0.25) is 0 Å². The van der Waals surface area contributed by atoms with E-state index in [1.807, 2.05) is 6.07 Å². The van der Waals surface area contributed by atoms with Crippen molar-refractivity contribution in [3.63, 3.8) is 0 Å². The summed E-state index contributed by atoms with van der Waals surface area (Å²) in [6.07, 6.45) is 0.855. The van der Waals surface area contributed by atoms with E-state index in [1.165, 1.54) is 6.07 Å². The highest BCUT2D eigenvalue weighted by Crippen LogP contribution is 2.16. The number of hydrogen-bond donors (Lipinski definition) is 1. The molecule has 0 aliphatic heterocycles. The van der Waals surface area contributed by atoms with Crippen LogP contribution < -0.4 is 0 Å². The van der Waals surface area contributed by atoms with Crippen LogP contribution in [-0.4, -0.2) is 9.97 Å². The number of nitrogens with zero attached hydrogens (tertiary/aromatic N) is 1. The number of imidazole rings is 1. The van der Waals surface area contributed by atoms with Gasteiger partial charge in [-0.3, -0.25) is 0 Å². The molecule has 0 aliphatic rings. The highest BCUT2D eigenvalue weighted by Gasteiger charge is 2.07. The van der Waals surface area contributed by atoms with Gasteiger partial charge in [0.05, 0.1) is 5.52 Å². The lowest BCUT2D eigenvalue weighted by molar-refractivity contribution is 0.622. The zero-order valence-corrected chi connectivity index (χ0v) is 8.34. The molecular weight excluding hydrogens is 179 g/mol. The van der Waals surface area contributed by atoms with E-state index in [-0.39, 0.29) is 5.82 Å². The van der Waals surface area contributed by atoms with Crippen molar-refractivity contribution in [2.75, 3.05) is 0 Å². The van der Waals surface area contributed by atoms with Gasteiger partial charge in [-0.2, -0.15) is 0 Å². The summed E-state index contributed by atoms with van der Waals surface area (Å²) < 4.78 is 13.3. The van der Waals surface area contributed by atoms with Crippen molar-refractivity contribution in [2.24, 2.45) is 5.92 Å². The second-order valence-corrected chi connectivity index (χ2v) is 3.92. The number of aromatic nitrogens is 2. The molecule has 0 saturated carbocycles. The molecular formula is C11H13FN2. The van der Waals surface area contributed by atoms with Crippen LogP contribution in [0.15, 0.2) is 18.2 Å². The Hall–Kier alpha value is -1.38. The van der Waals surface area contributed by atoms with E-state index < -0.39 is 0 Å². The molecule has 0 radical (unpaired) electrons. The molecule has 0 saturated heterocycles. The third-order valence-corrected chi connectivity index (χ3v) is 2.11. The molecule has 0 spiro atoms. The molecule has 1 aromatic carbocycles. The predicted molar refractivity (Wildman–Crippen MR) is 54.6 cm³/mol. The van der Waals surface area contributed by atoms with Crippen LogP contribution in [0.4, 0.5) is 4.39 Å². The van der Waals surface area contributed by atoms with Gasteiger partial charge in [-0.05, 0) is 18.1 Å². The van der Waals surface area contributed by atoms with Gasteiger partial charge in [0.1, 0.15) is 11.3 Å². The SMILES string of the molecule is CC(C)Cc1nc2c(F)cccc2[nH]1. The highest BCUT2D eigenvalue weighted by atomic mass is 19.1. The minimum Gasteiger partial charge on any atom is -0.342 e. The standard InChI is InChI=1S/C11H13FN2/c1-7(2)6-10-13-9-5-3-4-8(12)11(9)14-10/h3-5,7H,6H2,1-2H3,(H,13,14). The maximum absolute atomic E-state index is 13.3. The molecule has 2 nitrogen and oxygen atoms in total. The normalized spacial score (nSPS) is 11.4. The number of aromatic amines is 1. The van der Waals surface area contributed by atoms with E-state index in [4.69, 9.17) is 0 Å². The van der Waals surface area contributed by atoms with Gasteiger partial charge in [-0.25, -0.2) is 9.37 Å². The monoisotopic (exact) mass is 192 g/mol. The van der Waals surface area contributed by atoms with Gasteiger partial charge >= 0.3 is 0 Å². The Bertz CT molecular complexity index is 445. The number of para-hydroxylation sites is 1. The number of fused-ring (bicyclic) bond motifs is 1. The molecule has 1 aromatic heterocycles. The Morgan fingerprint density at radius 1 is 1.43 bits per heavy atom. The molecule has 1 N–H and O–H groups in total. The summed E-state index contributed by atoms with van der Waals surface area (Å²) in [5.41, 5.74) is 1.23. The van der Waals surface area contributed by atoms with Gasteiger partial charge < -0.3 is 4.98 Å². The third kappa shape index (κ3) is 1.62. The first-order valence-electron chi connectivity index (χ1n) is 4.80. The summed E-state index contributed by atoms with van der Waals surface area (Å²) in [6, 6.07) is 4.96. The minimum atomic E-state index is -0.256. The minimum absolute atomic E-state index is 0.256. The molecule has 14 heavy (non-hydrogen) atoms. The van der Waals surface area contributed by atoms with Crippen molar-refractivity contribution in [2.45, 2.75) is 20.3 Å². The van der Waals surface area contributed by atoms with Gasteiger partial charge in [-0.15, -0.1) is 0 Å². The van der Waals surface area contributed by atoms with Crippen LogP contribution in [0.1, 0.15) is 19.7 Å². The number of halogens is 1. The molecule has 2 aromatic rings.